The molecule has 162 valence electrons. The van der Waals surface area contributed by atoms with Crippen LogP contribution in [0.25, 0.3) is 0 Å². The van der Waals surface area contributed by atoms with Crippen LogP contribution in [0.4, 0.5) is 0 Å². The first-order valence-corrected chi connectivity index (χ1v) is 12.1. The summed E-state index contributed by atoms with van der Waals surface area (Å²) in [5.41, 5.74) is 1.11. The molecule has 1 aromatic carbocycles. The summed E-state index contributed by atoms with van der Waals surface area (Å²) in [7, 11) is 0. The summed E-state index contributed by atoms with van der Waals surface area (Å²) in [5.74, 6) is 0.283. The highest BCUT2D eigenvalue weighted by Crippen LogP contribution is 2.27. The average Bonchev–Trinajstić information content (AvgIpc) is 3.30. The summed E-state index contributed by atoms with van der Waals surface area (Å²) < 4.78 is 0. The van der Waals surface area contributed by atoms with Crippen molar-refractivity contribution >= 4 is 23.2 Å². The van der Waals surface area contributed by atoms with Crippen molar-refractivity contribution < 1.29 is 9.59 Å². The number of thiophene rings is 1. The van der Waals surface area contributed by atoms with Gasteiger partial charge in [-0.3, -0.25) is 9.59 Å². The number of benzene rings is 1. The van der Waals surface area contributed by atoms with Crippen LogP contribution >= 0.6 is 11.3 Å². The minimum Gasteiger partial charge on any atom is -0.332 e. The van der Waals surface area contributed by atoms with Crippen LogP contribution in [0, 0.1) is 5.92 Å². The molecule has 2 amide bonds. The Kier molecular flexibility index (Phi) is 8.50. The lowest BCUT2D eigenvalue weighted by atomic mass is 9.88. The Morgan fingerprint density at radius 3 is 2.40 bits per heavy atom. The summed E-state index contributed by atoms with van der Waals surface area (Å²) in [4.78, 5) is 31.6. The maximum atomic E-state index is 13.4. The van der Waals surface area contributed by atoms with Gasteiger partial charge in [-0.1, -0.05) is 62.6 Å². The second kappa shape index (κ2) is 11.3. The van der Waals surface area contributed by atoms with Crippen LogP contribution in [0.3, 0.4) is 0 Å². The molecule has 3 rings (SSSR count). The zero-order valence-electron chi connectivity index (χ0n) is 18.3. The Bertz CT molecular complexity index is 785. The van der Waals surface area contributed by atoms with E-state index in [0.29, 0.717) is 13.1 Å². The zero-order chi connectivity index (χ0) is 21.3. The molecule has 1 heterocycles. The van der Waals surface area contributed by atoms with Gasteiger partial charge in [0.15, 0.2) is 0 Å². The number of amides is 2. The van der Waals surface area contributed by atoms with Crippen molar-refractivity contribution in [3.8, 4) is 0 Å². The molecule has 2 aromatic rings. The normalized spacial score (nSPS) is 15.5. The SMILES string of the molecule is CCC(C)N(CC(=O)N(Cc1ccccc1)Cc1cccs1)C(=O)C1CCCCC1. The molecule has 0 bridgehead atoms. The van der Waals surface area contributed by atoms with E-state index in [-0.39, 0.29) is 30.3 Å². The van der Waals surface area contributed by atoms with Gasteiger partial charge in [-0.25, -0.2) is 0 Å². The van der Waals surface area contributed by atoms with E-state index in [1.165, 1.54) is 6.42 Å². The highest BCUT2D eigenvalue weighted by molar-refractivity contribution is 7.09. The fourth-order valence-corrected chi connectivity index (χ4v) is 4.85. The van der Waals surface area contributed by atoms with Crippen molar-refractivity contribution in [2.24, 2.45) is 5.92 Å². The quantitative estimate of drug-likeness (QED) is 0.532. The Balaban J connectivity index is 1.75. The Morgan fingerprint density at radius 1 is 1.03 bits per heavy atom. The third-order valence-electron chi connectivity index (χ3n) is 6.16. The Hall–Kier alpha value is -2.14. The van der Waals surface area contributed by atoms with Gasteiger partial charge in [-0.15, -0.1) is 11.3 Å². The zero-order valence-corrected chi connectivity index (χ0v) is 19.1. The predicted octanol–water partition coefficient (Wildman–Crippen LogP) is 5.48. The number of carbonyl (C=O) groups is 2. The van der Waals surface area contributed by atoms with Crippen LogP contribution in [0.1, 0.15) is 62.8 Å². The number of hydrogen-bond acceptors (Lipinski definition) is 3. The molecular weight excluding hydrogens is 392 g/mol. The number of nitrogens with zero attached hydrogens (tertiary/aromatic N) is 2. The summed E-state index contributed by atoms with van der Waals surface area (Å²) in [5, 5.41) is 2.04. The molecule has 1 fully saturated rings. The molecule has 0 radical (unpaired) electrons. The van der Waals surface area contributed by atoms with E-state index < -0.39 is 0 Å². The largest absolute Gasteiger partial charge is 0.332 e. The van der Waals surface area contributed by atoms with Gasteiger partial charge in [0.05, 0.1) is 6.54 Å². The average molecular weight is 427 g/mol. The van der Waals surface area contributed by atoms with E-state index in [9.17, 15) is 9.59 Å². The van der Waals surface area contributed by atoms with E-state index in [1.54, 1.807) is 11.3 Å². The fraction of sp³-hybridized carbons (Fsp3) is 0.520. The first kappa shape index (κ1) is 22.5. The van der Waals surface area contributed by atoms with Crippen molar-refractivity contribution in [1.29, 1.82) is 0 Å². The smallest absolute Gasteiger partial charge is 0.242 e. The first-order valence-electron chi connectivity index (χ1n) is 11.2. The van der Waals surface area contributed by atoms with E-state index in [2.05, 4.69) is 19.9 Å². The summed E-state index contributed by atoms with van der Waals surface area (Å²) in [6.45, 7) is 5.46. The molecule has 1 aliphatic carbocycles. The molecule has 5 heteroatoms. The van der Waals surface area contributed by atoms with Crippen LogP contribution in [-0.4, -0.2) is 34.2 Å². The highest BCUT2D eigenvalue weighted by atomic mass is 32.1. The van der Waals surface area contributed by atoms with Crippen LogP contribution in [0.5, 0.6) is 0 Å². The van der Waals surface area contributed by atoms with Gasteiger partial charge in [-0.2, -0.15) is 0 Å². The lowest BCUT2D eigenvalue weighted by Crippen LogP contribution is -2.48. The molecule has 0 N–H and O–H groups in total. The lowest BCUT2D eigenvalue weighted by molar-refractivity contribution is -0.146. The second-order valence-electron chi connectivity index (χ2n) is 8.37. The van der Waals surface area contributed by atoms with Gasteiger partial charge in [0, 0.05) is 23.4 Å². The predicted molar refractivity (Wildman–Crippen MR) is 123 cm³/mol. The Labute approximate surface area is 184 Å². The van der Waals surface area contributed by atoms with E-state index in [4.69, 9.17) is 0 Å². The topological polar surface area (TPSA) is 40.6 Å². The van der Waals surface area contributed by atoms with Gasteiger partial charge in [0.1, 0.15) is 6.54 Å². The highest BCUT2D eigenvalue weighted by Gasteiger charge is 2.31. The first-order chi connectivity index (χ1) is 14.6. The van der Waals surface area contributed by atoms with Crippen molar-refractivity contribution in [2.45, 2.75) is 71.5 Å². The number of carbonyl (C=O) groups excluding carboxylic acids is 2. The van der Waals surface area contributed by atoms with Crippen molar-refractivity contribution in [3.63, 3.8) is 0 Å². The van der Waals surface area contributed by atoms with Gasteiger partial charge in [0.25, 0.3) is 0 Å². The molecular formula is C25H34N2O2S. The third-order valence-corrected chi connectivity index (χ3v) is 7.02. The van der Waals surface area contributed by atoms with Gasteiger partial charge < -0.3 is 9.80 Å². The third kappa shape index (κ3) is 6.18. The van der Waals surface area contributed by atoms with Gasteiger partial charge in [-0.05, 0) is 43.2 Å². The van der Waals surface area contributed by atoms with E-state index in [1.807, 2.05) is 51.6 Å². The summed E-state index contributed by atoms with van der Waals surface area (Å²) in [6, 6.07) is 14.2. The summed E-state index contributed by atoms with van der Waals surface area (Å²) in [6.07, 6.45) is 6.24. The molecule has 0 saturated heterocycles. The van der Waals surface area contributed by atoms with Crippen molar-refractivity contribution in [2.75, 3.05) is 6.54 Å². The molecule has 0 spiro atoms. The molecule has 1 aliphatic rings. The van der Waals surface area contributed by atoms with Crippen molar-refractivity contribution in [3.05, 3.63) is 58.3 Å². The molecule has 0 aliphatic heterocycles. The molecule has 30 heavy (non-hydrogen) atoms. The Morgan fingerprint density at radius 2 is 1.77 bits per heavy atom. The second-order valence-corrected chi connectivity index (χ2v) is 9.41. The molecule has 1 aromatic heterocycles. The van der Waals surface area contributed by atoms with E-state index >= 15 is 0 Å². The summed E-state index contributed by atoms with van der Waals surface area (Å²) >= 11 is 1.66. The minimum absolute atomic E-state index is 0.0247. The maximum Gasteiger partial charge on any atom is 0.242 e. The minimum atomic E-state index is 0.0247. The number of hydrogen-bond donors (Lipinski definition) is 0. The van der Waals surface area contributed by atoms with Crippen LogP contribution in [0.15, 0.2) is 47.8 Å². The molecule has 1 unspecified atom stereocenters. The monoisotopic (exact) mass is 426 g/mol. The molecule has 1 saturated carbocycles. The molecule has 1 atom stereocenters. The lowest BCUT2D eigenvalue weighted by Gasteiger charge is -2.34. The maximum absolute atomic E-state index is 13.4. The van der Waals surface area contributed by atoms with Gasteiger partial charge >= 0.3 is 0 Å². The van der Waals surface area contributed by atoms with Crippen LogP contribution in [-0.2, 0) is 22.7 Å². The molecule has 4 nitrogen and oxygen atoms in total. The number of rotatable bonds is 9. The van der Waals surface area contributed by atoms with Crippen molar-refractivity contribution in [1.82, 2.24) is 9.80 Å². The fourth-order valence-electron chi connectivity index (χ4n) is 4.13. The van der Waals surface area contributed by atoms with Crippen LogP contribution in [0.2, 0.25) is 0 Å². The standard InChI is InChI=1S/C25H34N2O2S/c1-3-20(2)27(25(29)22-13-8-5-9-14-22)19-24(28)26(18-23-15-10-16-30-23)17-21-11-6-4-7-12-21/h4,6-7,10-12,15-16,20,22H,3,5,8-9,13-14,17-19H2,1-2H3. The van der Waals surface area contributed by atoms with Gasteiger partial charge in [0.2, 0.25) is 11.8 Å². The van der Waals surface area contributed by atoms with Crippen LogP contribution < -0.4 is 0 Å². The van der Waals surface area contributed by atoms with E-state index in [0.717, 1.165) is 42.5 Å².